The van der Waals surface area contributed by atoms with Crippen LogP contribution in [0.5, 0.6) is 0 Å². The summed E-state index contributed by atoms with van der Waals surface area (Å²) >= 11 is 2.58. The van der Waals surface area contributed by atoms with Gasteiger partial charge in [-0.2, -0.15) is 0 Å². The van der Waals surface area contributed by atoms with Crippen LogP contribution < -0.4 is 0 Å². The first-order chi connectivity index (χ1) is 8.66. The van der Waals surface area contributed by atoms with Crippen LogP contribution in [0.3, 0.4) is 0 Å². The van der Waals surface area contributed by atoms with E-state index in [1.807, 2.05) is 0 Å². The lowest BCUT2D eigenvalue weighted by Crippen LogP contribution is -2.29. The second-order valence-corrected chi connectivity index (χ2v) is 7.90. The van der Waals surface area contributed by atoms with E-state index in [-0.39, 0.29) is 6.10 Å². The van der Waals surface area contributed by atoms with Gasteiger partial charge in [-0.15, -0.1) is 0 Å². The summed E-state index contributed by atoms with van der Waals surface area (Å²) in [6, 6.07) is 15.1. The summed E-state index contributed by atoms with van der Waals surface area (Å²) in [5.41, 5.74) is 1.34. The molecule has 0 spiro atoms. The molecular weight excluding hydrogens is 335 g/mol. The normalized spacial score (nSPS) is 28.4. The minimum atomic E-state index is 0.242. The monoisotopic (exact) mass is 352 g/mol. The molecule has 94 valence electrons. The van der Waals surface area contributed by atoms with Gasteiger partial charge in [0.1, 0.15) is 0 Å². The molecule has 0 bridgehead atoms. The number of benzene rings is 2. The lowest BCUT2D eigenvalue weighted by molar-refractivity contribution is 0.00630. The third-order valence-corrected chi connectivity index (χ3v) is 4.70. The van der Waals surface area contributed by atoms with Crippen LogP contribution in [-0.2, 0) is 4.74 Å². The molecule has 1 aliphatic rings. The molecule has 2 aromatic carbocycles. The summed E-state index contributed by atoms with van der Waals surface area (Å²) in [6.07, 6.45) is 2.49. The molecule has 0 aliphatic carbocycles. The van der Waals surface area contributed by atoms with Crippen molar-refractivity contribution in [3.63, 3.8) is 0 Å². The number of fused-ring (bicyclic) bond motifs is 1. The molecule has 2 unspecified atom stereocenters. The molecule has 0 N–H and O–H groups in total. The molecule has 18 heavy (non-hydrogen) atoms. The number of rotatable bonds is 1. The van der Waals surface area contributed by atoms with Crippen molar-refractivity contribution in [2.45, 2.75) is 29.3 Å². The van der Waals surface area contributed by atoms with Gasteiger partial charge >= 0.3 is 0 Å². The predicted octanol–water partition coefficient (Wildman–Crippen LogP) is 4.89. The highest BCUT2D eigenvalue weighted by Gasteiger charge is 2.31. The standard InChI is InChI=1S/C16H17IO/c1-16(17)9-10-18-15(11-16)14-8-4-6-12-5-2-3-7-13(12)14/h2-8,15H,9-11H2,1H3. The van der Waals surface area contributed by atoms with Gasteiger partial charge in [0, 0.05) is 10.0 Å². The van der Waals surface area contributed by atoms with Crippen LogP contribution in [0.4, 0.5) is 0 Å². The Bertz CT molecular complexity index is 557. The number of alkyl halides is 1. The summed E-state index contributed by atoms with van der Waals surface area (Å²) in [7, 11) is 0. The van der Waals surface area contributed by atoms with Crippen LogP contribution in [0.1, 0.15) is 31.4 Å². The molecule has 0 radical (unpaired) electrons. The fourth-order valence-corrected chi connectivity index (χ4v) is 3.31. The largest absolute Gasteiger partial charge is 0.373 e. The average Bonchev–Trinajstić information content (AvgIpc) is 2.37. The van der Waals surface area contributed by atoms with Crippen molar-refractivity contribution in [1.29, 1.82) is 0 Å². The quantitative estimate of drug-likeness (QED) is 0.525. The van der Waals surface area contributed by atoms with E-state index in [1.165, 1.54) is 16.3 Å². The second-order valence-electron chi connectivity index (χ2n) is 5.30. The molecular formula is C16H17IO. The fraction of sp³-hybridized carbons (Fsp3) is 0.375. The van der Waals surface area contributed by atoms with Crippen molar-refractivity contribution in [3.05, 3.63) is 48.0 Å². The molecule has 3 rings (SSSR count). The van der Waals surface area contributed by atoms with Crippen LogP contribution in [-0.4, -0.2) is 10.0 Å². The van der Waals surface area contributed by atoms with E-state index in [0.29, 0.717) is 3.42 Å². The Balaban J connectivity index is 2.04. The minimum absolute atomic E-state index is 0.242. The number of hydrogen-bond acceptors (Lipinski definition) is 1. The molecule has 2 heteroatoms. The van der Waals surface area contributed by atoms with Gasteiger partial charge in [0.25, 0.3) is 0 Å². The second kappa shape index (κ2) is 4.82. The maximum Gasteiger partial charge on any atom is 0.0843 e. The topological polar surface area (TPSA) is 9.23 Å². The van der Waals surface area contributed by atoms with Gasteiger partial charge in [-0.25, -0.2) is 0 Å². The Hall–Kier alpha value is -0.610. The average molecular weight is 352 g/mol. The molecule has 1 fully saturated rings. The molecule has 1 nitrogen and oxygen atoms in total. The molecule has 2 aromatic rings. The first kappa shape index (κ1) is 12.4. The van der Waals surface area contributed by atoms with Gasteiger partial charge in [0.15, 0.2) is 0 Å². The number of ether oxygens (including phenoxy) is 1. The van der Waals surface area contributed by atoms with Gasteiger partial charge < -0.3 is 4.74 Å². The molecule has 2 atom stereocenters. The van der Waals surface area contributed by atoms with E-state index in [1.54, 1.807) is 0 Å². The molecule has 0 amide bonds. The molecule has 0 aromatic heterocycles. The highest BCUT2D eigenvalue weighted by Crippen LogP contribution is 2.41. The zero-order valence-corrected chi connectivity index (χ0v) is 12.7. The van der Waals surface area contributed by atoms with E-state index in [4.69, 9.17) is 4.74 Å². The van der Waals surface area contributed by atoms with E-state index in [0.717, 1.165) is 19.4 Å². The van der Waals surface area contributed by atoms with Crippen molar-refractivity contribution < 1.29 is 4.74 Å². The highest BCUT2D eigenvalue weighted by atomic mass is 127. The summed E-state index contributed by atoms with van der Waals surface area (Å²) in [5, 5.41) is 2.64. The fourth-order valence-electron chi connectivity index (χ4n) is 2.69. The van der Waals surface area contributed by atoms with E-state index < -0.39 is 0 Å². The Morgan fingerprint density at radius 3 is 2.78 bits per heavy atom. The lowest BCUT2D eigenvalue weighted by atomic mass is 9.91. The number of halogens is 1. The number of hydrogen-bond donors (Lipinski definition) is 0. The molecule has 1 aliphatic heterocycles. The zero-order chi connectivity index (χ0) is 12.6. The minimum Gasteiger partial charge on any atom is -0.373 e. The van der Waals surface area contributed by atoms with Crippen molar-refractivity contribution in [2.75, 3.05) is 6.61 Å². The van der Waals surface area contributed by atoms with Crippen LogP contribution >= 0.6 is 22.6 Å². The Morgan fingerprint density at radius 1 is 1.17 bits per heavy atom. The van der Waals surface area contributed by atoms with Gasteiger partial charge in [-0.3, -0.25) is 0 Å². The van der Waals surface area contributed by atoms with Crippen molar-refractivity contribution >= 4 is 33.4 Å². The maximum absolute atomic E-state index is 6.00. The smallest absolute Gasteiger partial charge is 0.0843 e. The molecule has 1 heterocycles. The van der Waals surface area contributed by atoms with Crippen molar-refractivity contribution in [2.24, 2.45) is 0 Å². The lowest BCUT2D eigenvalue weighted by Gasteiger charge is -2.34. The van der Waals surface area contributed by atoms with Crippen LogP contribution in [0.15, 0.2) is 42.5 Å². The van der Waals surface area contributed by atoms with Crippen LogP contribution in [0.2, 0.25) is 0 Å². The van der Waals surface area contributed by atoms with Gasteiger partial charge in [-0.05, 0) is 29.2 Å². The Morgan fingerprint density at radius 2 is 1.94 bits per heavy atom. The maximum atomic E-state index is 6.00. The zero-order valence-electron chi connectivity index (χ0n) is 10.5. The van der Waals surface area contributed by atoms with E-state index in [9.17, 15) is 0 Å². The summed E-state index contributed by atoms with van der Waals surface area (Å²) in [5.74, 6) is 0. The highest BCUT2D eigenvalue weighted by molar-refractivity contribution is 14.1. The summed E-state index contributed by atoms with van der Waals surface area (Å²) in [6.45, 7) is 3.20. The van der Waals surface area contributed by atoms with Crippen LogP contribution in [0, 0.1) is 0 Å². The SMILES string of the molecule is CC1(I)CCOC(c2cccc3ccccc23)C1. The Kier molecular flexibility index (Phi) is 3.32. The van der Waals surface area contributed by atoms with Crippen LogP contribution in [0.25, 0.3) is 10.8 Å². The third kappa shape index (κ3) is 2.41. The van der Waals surface area contributed by atoms with Crippen molar-refractivity contribution in [3.8, 4) is 0 Å². The first-order valence-electron chi connectivity index (χ1n) is 6.44. The summed E-state index contributed by atoms with van der Waals surface area (Å²) in [4.78, 5) is 0. The van der Waals surface area contributed by atoms with E-state index >= 15 is 0 Å². The van der Waals surface area contributed by atoms with E-state index in [2.05, 4.69) is 72.0 Å². The van der Waals surface area contributed by atoms with Crippen molar-refractivity contribution in [1.82, 2.24) is 0 Å². The molecule has 0 saturated carbocycles. The molecule has 1 saturated heterocycles. The van der Waals surface area contributed by atoms with Gasteiger partial charge in [0.2, 0.25) is 0 Å². The predicted molar refractivity (Wildman–Crippen MR) is 84.3 cm³/mol. The third-order valence-electron chi connectivity index (χ3n) is 3.72. The van der Waals surface area contributed by atoms with Gasteiger partial charge in [0.05, 0.1) is 6.10 Å². The summed E-state index contributed by atoms with van der Waals surface area (Å²) < 4.78 is 6.36. The Labute approximate surface area is 122 Å². The van der Waals surface area contributed by atoms with Gasteiger partial charge in [-0.1, -0.05) is 72.0 Å². The first-order valence-corrected chi connectivity index (χ1v) is 7.52.